The maximum absolute atomic E-state index is 14.9. The Kier molecular flexibility index (Phi) is 16.1. The average molecular weight is 1050 g/mol. The number of aliphatic hydroxyl groups excluding tert-OH is 12. The van der Waals surface area contributed by atoms with E-state index in [-0.39, 0.29) is 24.7 Å². The second-order valence-corrected chi connectivity index (χ2v) is 23.5. The number of ether oxygens (including phenoxy) is 8. The van der Waals surface area contributed by atoms with Crippen LogP contribution in [0.1, 0.15) is 99.8 Å². The summed E-state index contributed by atoms with van der Waals surface area (Å²) in [5, 5.41) is 127. The van der Waals surface area contributed by atoms with Crippen LogP contribution in [0, 0.1) is 45.3 Å². The molecular weight excluding hydrogens is 969 g/mol. The van der Waals surface area contributed by atoms with Crippen molar-refractivity contribution in [2.24, 2.45) is 45.3 Å². The first kappa shape index (κ1) is 56.7. The molecule has 8 aliphatic rings. The number of hydrogen-bond donors (Lipinski definition) is 12. The first-order chi connectivity index (χ1) is 34.1. The van der Waals surface area contributed by atoms with Crippen molar-refractivity contribution in [2.45, 2.75) is 216 Å². The van der Waals surface area contributed by atoms with E-state index in [1.165, 1.54) is 19.4 Å². The number of carbonyl (C=O) groups excluding carboxylic acids is 3. The molecule has 4 aliphatic carbocycles. The molecule has 7 fully saturated rings. The number of carbonyl (C=O) groups is 3. The first-order valence-corrected chi connectivity index (χ1v) is 25.7. The minimum Gasteiger partial charge on any atom is -0.459 e. The van der Waals surface area contributed by atoms with Gasteiger partial charge in [-0.3, -0.25) is 14.4 Å². The van der Waals surface area contributed by atoms with E-state index in [0.29, 0.717) is 32.1 Å². The van der Waals surface area contributed by atoms with E-state index >= 15 is 0 Å². The molecule has 0 amide bonds. The lowest BCUT2D eigenvalue weighted by molar-refractivity contribution is -0.358. The smallest absolute Gasteiger partial charge is 0.317 e. The predicted octanol–water partition coefficient (Wildman–Crippen LogP) is -2.44. The molecule has 4 heterocycles. The van der Waals surface area contributed by atoms with Crippen molar-refractivity contribution in [3.63, 3.8) is 0 Å². The van der Waals surface area contributed by atoms with Crippen molar-refractivity contribution >= 4 is 17.9 Å². The average Bonchev–Trinajstić information content (AvgIpc) is 3.86. The third-order valence-corrected chi connectivity index (χ3v) is 19.3. The molecule has 12 N–H and O–H groups in total. The number of allylic oxidation sites excluding steroid dienone is 2. The van der Waals surface area contributed by atoms with Crippen molar-refractivity contribution in [3.05, 3.63) is 11.6 Å². The van der Waals surface area contributed by atoms with Crippen molar-refractivity contribution < 1.29 is 114 Å². The summed E-state index contributed by atoms with van der Waals surface area (Å²) in [6.45, 7) is 9.96. The number of aliphatic hydroxyl groups is 12. The molecule has 0 aromatic carbocycles. The lowest BCUT2D eigenvalue weighted by Gasteiger charge is -2.64. The zero-order valence-electron chi connectivity index (χ0n) is 42.4. The van der Waals surface area contributed by atoms with Crippen LogP contribution in [0.4, 0.5) is 0 Å². The van der Waals surface area contributed by atoms with Gasteiger partial charge in [0.1, 0.15) is 79.4 Å². The Morgan fingerprint density at radius 1 is 0.726 bits per heavy atom. The second kappa shape index (κ2) is 20.7. The fourth-order valence-corrected chi connectivity index (χ4v) is 14.7. The predicted molar refractivity (Wildman–Crippen MR) is 244 cm³/mol. The first-order valence-electron chi connectivity index (χ1n) is 25.7. The summed E-state index contributed by atoms with van der Waals surface area (Å²) in [6, 6.07) is 0. The Morgan fingerprint density at radius 3 is 1.90 bits per heavy atom. The van der Waals surface area contributed by atoms with Gasteiger partial charge in [-0.2, -0.15) is 0 Å². The third-order valence-electron chi connectivity index (χ3n) is 19.3. The number of esters is 3. The quantitative estimate of drug-likeness (QED) is 0.0518. The summed E-state index contributed by atoms with van der Waals surface area (Å²) < 4.78 is 46.3. The van der Waals surface area contributed by atoms with E-state index < -0.39 is 187 Å². The minimum absolute atomic E-state index is 0.0573. The molecule has 1 unspecified atom stereocenters. The maximum Gasteiger partial charge on any atom is 0.317 e. The Balaban J connectivity index is 1.000. The highest BCUT2D eigenvalue weighted by atomic mass is 16.8. The highest BCUT2D eigenvalue weighted by Gasteiger charge is 2.69. The van der Waals surface area contributed by atoms with E-state index in [1.807, 2.05) is 0 Å². The van der Waals surface area contributed by atoms with Crippen LogP contribution in [0.15, 0.2) is 11.6 Å². The van der Waals surface area contributed by atoms with E-state index in [4.69, 9.17) is 37.9 Å². The lowest BCUT2D eigenvalue weighted by Crippen LogP contribution is -2.66. The van der Waals surface area contributed by atoms with Gasteiger partial charge in [0, 0.05) is 13.3 Å². The van der Waals surface area contributed by atoms with Crippen molar-refractivity contribution in [2.75, 3.05) is 19.8 Å². The molecule has 3 saturated carbocycles. The standard InChI is InChI=1S/C50H78O23/c1-20(54)66-39-38(71-42-36(61)34(59)31(56)26(17-51)68-42)33(58)28(19-53)70-44(39)72-45(65)50(7)29-9-8-24-23(47(29,4)13-12-30(50)55)11-15-48(5)22(10-14-49(24,48)6)21-16-25(67-41(21)64)40(63)46(2,3)73-43-37(62)35(60)32(57)27(18-52)69-43/h8,21-23,25-40,42-44,51-53,55-63H,9-19H2,1-7H3/t21-,22-,23-,25?,26+,27+,28+,29+,30+,31+,32+,33+,34-,35-,36+,37+,38-,39+,40-,42-,43-,44-,47+,48-,49+,50+/m0/s1. The highest BCUT2D eigenvalue weighted by molar-refractivity contribution is 5.78. The summed E-state index contributed by atoms with van der Waals surface area (Å²) >= 11 is 0. The molecule has 0 aromatic heterocycles. The monoisotopic (exact) mass is 1050 g/mol. The molecule has 0 radical (unpaired) electrons. The Bertz CT molecular complexity index is 2050. The molecule has 26 atom stereocenters. The highest BCUT2D eigenvalue weighted by Crippen LogP contribution is 2.74. The van der Waals surface area contributed by atoms with E-state index in [9.17, 15) is 75.7 Å². The van der Waals surface area contributed by atoms with E-state index in [0.717, 1.165) is 13.3 Å². The third kappa shape index (κ3) is 9.29. The van der Waals surface area contributed by atoms with Crippen LogP contribution in [0.5, 0.6) is 0 Å². The van der Waals surface area contributed by atoms with E-state index in [2.05, 4.69) is 26.8 Å². The summed E-state index contributed by atoms with van der Waals surface area (Å²) in [5.74, 6) is -3.58. The van der Waals surface area contributed by atoms with Gasteiger partial charge in [0.15, 0.2) is 18.7 Å². The van der Waals surface area contributed by atoms with Crippen molar-refractivity contribution in [1.29, 1.82) is 0 Å². The normalized spacial score (nSPS) is 50.4. The maximum atomic E-state index is 14.9. The molecule has 23 heteroatoms. The topological polar surface area (TPSA) is 368 Å². The van der Waals surface area contributed by atoms with Gasteiger partial charge in [-0.05, 0) is 99.7 Å². The zero-order valence-corrected chi connectivity index (χ0v) is 42.4. The van der Waals surface area contributed by atoms with Crippen molar-refractivity contribution in [1.82, 2.24) is 0 Å². The second-order valence-electron chi connectivity index (χ2n) is 23.5. The number of hydrogen-bond acceptors (Lipinski definition) is 23. The van der Waals surface area contributed by atoms with Crippen LogP contribution >= 0.6 is 0 Å². The van der Waals surface area contributed by atoms with Gasteiger partial charge in [0.05, 0.1) is 42.9 Å². The zero-order chi connectivity index (χ0) is 53.7. The molecule has 73 heavy (non-hydrogen) atoms. The molecule has 8 rings (SSSR count). The Morgan fingerprint density at radius 2 is 1.30 bits per heavy atom. The SMILES string of the molecule is CC(=O)O[C@H]1[C@H](OC(=O)[C@@]2(C)[C@H](O)CC[C@@]3(C)[C@H]2CC=C2[C@@H]3CC[C@@]3(C)[C@H]([C@@H]4CC([C@H](O)C(C)(C)O[C@@H]5O[C@H](CO)[C@@H](O)[C@H](O)[C@H]5O)OC4=O)CC[C@]23C)O[C@H](CO)[C@@H](O)[C@@H]1O[C@@H]1O[C@H](CO)[C@@H](O)[C@H](O)[C@H]1O. The molecule has 4 aliphatic heterocycles. The van der Waals surface area contributed by atoms with Crippen molar-refractivity contribution in [3.8, 4) is 0 Å². The van der Waals surface area contributed by atoms with Gasteiger partial charge in [-0.25, -0.2) is 0 Å². The Hall–Kier alpha value is -2.53. The van der Waals surface area contributed by atoms with E-state index in [1.54, 1.807) is 6.92 Å². The minimum atomic E-state index is -1.94. The molecule has 0 bridgehead atoms. The van der Waals surface area contributed by atoms with Crippen LogP contribution in [0.25, 0.3) is 0 Å². The van der Waals surface area contributed by atoms with Crippen LogP contribution in [-0.2, 0) is 52.3 Å². The largest absolute Gasteiger partial charge is 0.459 e. The molecule has 23 nitrogen and oxygen atoms in total. The summed E-state index contributed by atoms with van der Waals surface area (Å²) in [7, 11) is 0. The van der Waals surface area contributed by atoms with Crippen LogP contribution < -0.4 is 0 Å². The molecular formula is C50H78O23. The fourth-order valence-electron chi connectivity index (χ4n) is 14.7. The number of fused-ring (bicyclic) bond motifs is 5. The molecule has 416 valence electrons. The molecule has 0 aromatic rings. The summed E-state index contributed by atoms with van der Waals surface area (Å²) in [6.07, 6.45) is -22.6. The lowest BCUT2D eigenvalue weighted by atomic mass is 9.40. The van der Waals surface area contributed by atoms with Crippen LogP contribution in [0.3, 0.4) is 0 Å². The number of cyclic esters (lactones) is 1. The van der Waals surface area contributed by atoms with Gasteiger partial charge in [-0.15, -0.1) is 0 Å². The van der Waals surface area contributed by atoms with Gasteiger partial charge in [0.2, 0.25) is 6.29 Å². The van der Waals surface area contributed by atoms with Gasteiger partial charge in [0.25, 0.3) is 0 Å². The van der Waals surface area contributed by atoms with Gasteiger partial charge >= 0.3 is 17.9 Å². The van der Waals surface area contributed by atoms with Gasteiger partial charge in [-0.1, -0.05) is 32.4 Å². The fraction of sp³-hybridized carbons (Fsp3) is 0.900. The summed E-state index contributed by atoms with van der Waals surface area (Å²) in [4.78, 5) is 41.5. The molecule has 4 saturated heterocycles. The van der Waals surface area contributed by atoms with Crippen LogP contribution in [0.2, 0.25) is 0 Å². The number of rotatable bonds is 13. The van der Waals surface area contributed by atoms with Gasteiger partial charge < -0.3 is 99.2 Å². The Labute approximate surface area is 423 Å². The molecule has 0 spiro atoms. The van der Waals surface area contributed by atoms with Crippen LogP contribution in [-0.4, -0.2) is 215 Å². The summed E-state index contributed by atoms with van der Waals surface area (Å²) in [5.41, 5.74) is -3.28.